The van der Waals surface area contributed by atoms with E-state index in [9.17, 15) is 0 Å². The first-order valence-corrected chi connectivity index (χ1v) is 7.51. The van der Waals surface area contributed by atoms with Crippen molar-refractivity contribution < 1.29 is 4.74 Å². The van der Waals surface area contributed by atoms with Crippen molar-refractivity contribution in [2.24, 2.45) is 5.92 Å². The van der Waals surface area contributed by atoms with E-state index < -0.39 is 0 Å². The van der Waals surface area contributed by atoms with Gasteiger partial charge in [-0.3, -0.25) is 0 Å². The van der Waals surface area contributed by atoms with Crippen LogP contribution < -0.4 is 5.32 Å². The average Bonchev–Trinajstić information content (AvgIpc) is 2.90. The van der Waals surface area contributed by atoms with Crippen LogP contribution in [0.4, 0.5) is 0 Å². The molecule has 0 aromatic carbocycles. The molecule has 3 fully saturated rings. The molecule has 2 nitrogen and oxygen atoms in total. The van der Waals surface area contributed by atoms with E-state index in [0.717, 1.165) is 19.1 Å². The lowest BCUT2D eigenvalue weighted by Gasteiger charge is -2.44. The third-order valence-electron chi connectivity index (χ3n) is 4.31. The lowest BCUT2D eigenvalue weighted by molar-refractivity contribution is -0.0921. The summed E-state index contributed by atoms with van der Waals surface area (Å²) in [5, 5.41) is 3.76. The number of hydrogen-bond donors (Lipinski definition) is 1. The lowest BCUT2D eigenvalue weighted by atomic mass is 9.82. The van der Waals surface area contributed by atoms with E-state index in [2.05, 4.69) is 17.1 Å². The van der Waals surface area contributed by atoms with Crippen molar-refractivity contribution in [1.82, 2.24) is 5.32 Å². The van der Waals surface area contributed by atoms with Crippen LogP contribution >= 0.6 is 11.8 Å². The van der Waals surface area contributed by atoms with Crippen LogP contribution in [0.1, 0.15) is 32.1 Å². The third-order valence-corrected chi connectivity index (χ3v) is 5.50. The molecule has 1 spiro atoms. The minimum Gasteiger partial charge on any atom is -0.371 e. The Balaban J connectivity index is 1.77. The molecule has 1 N–H and O–H groups in total. The molecule has 0 amide bonds. The molecule has 0 bridgehead atoms. The molecule has 3 heteroatoms. The fourth-order valence-corrected chi connectivity index (χ4v) is 4.94. The van der Waals surface area contributed by atoms with Crippen molar-refractivity contribution in [3.05, 3.63) is 0 Å². The van der Waals surface area contributed by atoms with Crippen LogP contribution in [0.25, 0.3) is 0 Å². The molecular weight excluding hydrogens is 206 g/mol. The Morgan fingerprint density at radius 1 is 1.27 bits per heavy atom. The molecule has 3 aliphatic rings. The normalized spacial score (nSPS) is 42.8. The summed E-state index contributed by atoms with van der Waals surface area (Å²) in [6, 6.07) is 0.656. The van der Waals surface area contributed by atoms with Crippen LogP contribution in [0, 0.1) is 5.92 Å². The molecule has 1 saturated carbocycles. The average molecular weight is 227 g/mol. The van der Waals surface area contributed by atoms with Crippen molar-refractivity contribution in [2.75, 3.05) is 24.7 Å². The van der Waals surface area contributed by atoms with Gasteiger partial charge in [0.2, 0.25) is 0 Å². The van der Waals surface area contributed by atoms with Crippen LogP contribution in [0.15, 0.2) is 0 Å². The molecule has 0 radical (unpaired) electrons. The first-order chi connectivity index (χ1) is 7.41. The van der Waals surface area contributed by atoms with E-state index >= 15 is 0 Å². The zero-order valence-electron chi connectivity index (χ0n) is 9.34. The number of hydrogen-bond acceptors (Lipinski definition) is 3. The molecular formula is C12H21NOS. The highest BCUT2D eigenvalue weighted by Gasteiger charge is 2.48. The third kappa shape index (κ3) is 1.83. The highest BCUT2D eigenvalue weighted by atomic mass is 32.2. The van der Waals surface area contributed by atoms with E-state index in [1.165, 1.54) is 43.6 Å². The summed E-state index contributed by atoms with van der Waals surface area (Å²) in [6.07, 6.45) is 6.99. The monoisotopic (exact) mass is 227 g/mol. The Kier molecular flexibility index (Phi) is 2.97. The largest absolute Gasteiger partial charge is 0.371 e. The smallest absolute Gasteiger partial charge is 0.0935 e. The van der Waals surface area contributed by atoms with Crippen molar-refractivity contribution >= 4 is 11.8 Å². The Labute approximate surface area is 96.5 Å². The first kappa shape index (κ1) is 10.4. The molecule has 0 aromatic heterocycles. The number of morpholine rings is 1. The fraction of sp³-hybridized carbons (Fsp3) is 1.00. The van der Waals surface area contributed by atoms with E-state index in [1.807, 2.05) is 0 Å². The molecule has 2 unspecified atom stereocenters. The van der Waals surface area contributed by atoms with Gasteiger partial charge in [0.05, 0.1) is 12.2 Å². The molecule has 15 heavy (non-hydrogen) atoms. The SMILES string of the molecule is C1CCC(C2NCCOC23CCSC3)C1. The maximum atomic E-state index is 6.17. The number of rotatable bonds is 1. The van der Waals surface area contributed by atoms with Gasteiger partial charge in [0.15, 0.2) is 0 Å². The Hall–Kier alpha value is 0.270. The van der Waals surface area contributed by atoms with Crippen molar-refractivity contribution in [3.63, 3.8) is 0 Å². The van der Waals surface area contributed by atoms with Gasteiger partial charge in [-0.15, -0.1) is 0 Å². The topological polar surface area (TPSA) is 21.3 Å². The van der Waals surface area contributed by atoms with Gasteiger partial charge >= 0.3 is 0 Å². The standard InChI is InChI=1S/C12H21NOS/c1-2-4-10(3-1)11-12(5-8-15-9-12)14-7-6-13-11/h10-11,13H,1-9H2. The highest BCUT2D eigenvalue weighted by Crippen LogP contribution is 2.42. The lowest BCUT2D eigenvalue weighted by Crippen LogP contribution is -2.61. The molecule has 2 atom stereocenters. The second-order valence-electron chi connectivity index (χ2n) is 5.19. The summed E-state index contributed by atoms with van der Waals surface area (Å²) in [5.41, 5.74) is 0.206. The first-order valence-electron chi connectivity index (χ1n) is 6.36. The van der Waals surface area contributed by atoms with Gasteiger partial charge in [0.25, 0.3) is 0 Å². The minimum absolute atomic E-state index is 0.206. The van der Waals surface area contributed by atoms with E-state index in [4.69, 9.17) is 4.74 Å². The van der Waals surface area contributed by atoms with Gasteiger partial charge in [-0.05, 0) is 30.9 Å². The van der Waals surface area contributed by atoms with Crippen LogP contribution in [-0.4, -0.2) is 36.3 Å². The van der Waals surface area contributed by atoms with Gasteiger partial charge in [-0.2, -0.15) is 11.8 Å². The second kappa shape index (κ2) is 4.27. The van der Waals surface area contributed by atoms with Gasteiger partial charge < -0.3 is 10.1 Å². The quantitative estimate of drug-likeness (QED) is 0.741. The Bertz CT molecular complexity index is 222. The van der Waals surface area contributed by atoms with E-state index in [-0.39, 0.29) is 5.60 Å². The van der Waals surface area contributed by atoms with Crippen LogP contribution in [0.5, 0.6) is 0 Å². The maximum Gasteiger partial charge on any atom is 0.0935 e. The second-order valence-corrected chi connectivity index (χ2v) is 6.30. The number of thioether (sulfide) groups is 1. The summed E-state index contributed by atoms with van der Waals surface area (Å²) in [7, 11) is 0. The van der Waals surface area contributed by atoms with Crippen molar-refractivity contribution in [3.8, 4) is 0 Å². The zero-order chi connectivity index (χ0) is 10.1. The van der Waals surface area contributed by atoms with Crippen molar-refractivity contribution in [1.29, 1.82) is 0 Å². The van der Waals surface area contributed by atoms with E-state index in [1.54, 1.807) is 0 Å². The molecule has 86 valence electrons. The number of nitrogens with one attached hydrogen (secondary N) is 1. The minimum atomic E-state index is 0.206. The number of ether oxygens (including phenoxy) is 1. The molecule has 2 heterocycles. The van der Waals surface area contributed by atoms with Gasteiger partial charge in [-0.25, -0.2) is 0 Å². The maximum absolute atomic E-state index is 6.17. The summed E-state index contributed by atoms with van der Waals surface area (Å²) < 4.78 is 6.17. The predicted molar refractivity (Wildman–Crippen MR) is 64.4 cm³/mol. The fourth-order valence-electron chi connectivity index (χ4n) is 3.55. The highest BCUT2D eigenvalue weighted by molar-refractivity contribution is 7.99. The summed E-state index contributed by atoms with van der Waals surface area (Å²) in [4.78, 5) is 0. The zero-order valence-corrected chi connectivity index (χ0v) is 10.2. The molecule has 3 rings (SSSR count). The van der Waals surface area contributed by atoms with E-state index in [0.29, 0.717) is 6.04 Å². The summed E-state index contributed by atoms with van der Waals surface area (Å²) in [5.74, 6) is 3.41. The van der Waals surface area contributed by atoms with Gasteiger partial charge in [0.1, 0.15) is 0 Å². The van der Waals surface area contributed by atoms with Gasteiger partial charge in [0, 0.05) is 18.3 Å². The van der Waals surface area contributed by atoms with Crippen LogP contribution in [0.2, 0.25) is 0 Å². The molecule has 2 aliphatic heterocycles. The van der Waals surface area contributed by atoms with Crippen molar-refractivity contribution in [2.45, 2.75) is 43.7 Å². The summed E-state index contributed by atoms with van der Waals surface area (Å²) in [6.45, 7) is 1.98. The molecule has 1 aliphatic carbocycles. The predicted octanol–water partition coefficient (Wildman–Crippen LogP) is 2.04. The Morgan fingerprint density at radius 2 is 2.13 bits per heavy atom. The molecule has 2 saturated heterocycles. The van der Waals surface area contributed by atoms with Crippen LogP contribution in [0.3, 0.4) is 0 Å². The van der Waals surface area contributed by atoms with Crippen LogP contribution in [-0.2, 0) is 4.74 Å². The van der Waals surface area contributed by atoms with Gasteiger partial charge in [-0.1, -0.05) is 12.8 Å². The molecule has 0 aromatic rings. The summed E-state index contributed by atoms with van der Waals surface area (Å²) >= 11 is 2.08. The Morgan fingerprint density at radius 3 is 2.87 bits per heavy atom.